The van der Waals surface area contributed by atoms with Crippen molar-refractivity contribution in [3.05, 3.63) is 59.7 Å². The van der Waals surface area contributed by atoms with E-state index in [2.05, 4.69) is 62.4 Å². The topological polar surface area (TPSA) is 0 Å². The van der Waals surface area contributed by atoms with Crippen molar-refractivity contribution < 1.29 is 0 Å². The SMILES string of the molecule is CCCc1ccccc1Sc1ccccc1CCC. The second kappa shape index (κ2) is 7.40. The van der Waals surface area contributed by atoms with Gasteiger partial charge in [-0.15, -0.1) is 0 Å². The van der Waals surface area contributed by atoms with Crippen molar-refractivity contribution in [1.82, 2.24) is 0 Å². The summed E-state index contributed by atoms with van der Waals surface area (Å²) in [5.41, 5.74) is 2.95. The third-order valence-electron chi connectivity index (χ3n) is 3.20. The highest BCUT2D eigenvalue weighted by Crippen LogP contribution is 2.33. The van der Waals surface area contributed by atoms with Crippen LogP contribution < -0.4 is 0 Å². The molecular weight excluding hydrogens is 248 g/mol. The van der Waals surface area contributed by atoms with Gasteiger partial charge in [0.25, 0.3) is 0 Å². The summed E-state index contributed by atoms with van der Waals surface area (Å²) in [6.07, 6.45) is 4.74. The van der Waals surface area contributed by atoms with Crippen LogP contribution in [0.2, 0.25) is 0 Å². The lowest BCUT2D eigenvalue weighted by Crippen LogP contribution is -1.90. The van der Waals surface area contributed by atoms with Crippen molar-refractivity contribution in [2.24, 2.45) is 0 Å². The minimum atomic E-state index is 1.17. The highest BCUT2D eigenvalue weighted by Gasteiger charge is 2.06. The Morgan fingerprint density at radius 2 is 1.11 bits per heavy atom. The average Bonchev–Trinajstić information content (AvgIpc) is 2.44. The standard InChI is InChI=1S/C18H22S/c1-3-9-15-11-5-7-13-17(15)19-18-14-8-6-12-16(18)10-4-2/h5-8,11-14H,3-4,9-10H2,1-2H3. The van der Waals surface area contributed by atoms with Gasteiger partial charge >= 0.3 is 0 Å². The predicted molar refractivity (Wildman–Crippen MR) is 85.0 cm³/mol. The maximum absolute atomic E-state index is 2.26. The zero-order valence-electron chi connectivity index (χ0n) is 11.9. The van der Waals surface area contributed by atoms with Gasteiger partial charge in [-0.1, -0.05) is 74.8 Å². The highest BCUT2D eigenvalue weighted by atomic mass is 32.2. The van der Waals surface area contributed by atoms with Gasteiger partial charge < -0.3 is 0 Å². The molecule has 0 bridgehead atoms. The minimum Gasteiger partial charge on any atom is -0.0895 e. The molecule has 0 fully saturated rings. The van der Waals surface area contributed by atoms with E-state index >= 15 is 0 Å². The molecule has 100 valence electrons. The molecule has 0 atom stereocenters. The van der Waals surface area contributed by atoms with Crippen LogP contribution in [0.25, 0.3) is 0 Å². The summed E-state index contributed by atoms with van der Waals surface area (Å²) in [4.78, 5) is 2.82. The zero-order valence-corrected chi connectivity index (χ0v) is 12.7. The maximum atomic E-state index is 2.26. The van der Waals surface area contributed by atoms with Crippen LogP contribution in [0.3, 0.4) is 0 Å². The monoisotopic (exact) mass is 270 g/mol. The molecule has 0 heterocycles. The fraction of sp³-hybridized carbons (Fsp3) is 0.333. The first-order valence-corrected chi connectivity index (χ1v) is 8.00. The molecule has 0 aliphatic heterocycles. The number of hydrogen-bond acceptors (Lipinski definition) is 1. The largest absolute Gasteiger partial charge is 0.0895 e. The molecule has 0 spiro atoms. The van der Waals surface area contributed by atoms with Crippen LogP contribution >= 0.6 is 11.8 Å². The van der Waals surface area contributed by atoms with Crippen LogP contribution in [0.4, 0.5) is 0 Å². The second-order valence-electron chi connectivity index (χ2n) is 4.82. The van der Waals surface area contributed by atoms with Gasteiger partial charge in [0.2, 0.25) is 0 Å². The van der Waals surface area contributed by atoms with Gasteiger partial charge in [-0.2, -0.15) is 0 Å². The van der Waals surface area contributed by atoms with Gasteiger partial charge in [0.1, 0.15) is 0 Å². The van der Waals surface area contributed by atoms with Gasteiger partial charge in [0.05, 0.1) is 0 Å². The van der Waals surface area contributed by atoms with Gasteiger partial charge in [0.15, 0.2) is 0 Å². The van der Waals surface area contributed by atoms with E-state index in [0.717, 1.165) is 0 Å². The molecule has 0 amide bonds. The lowest BCUT2D eigenvalue weighted by Gasteiger charge is -2.11. The van der Waals surface area contributed by atoms with Gasteiger partial charge in [-0.05, 0) is 36.1 Å². The van der Waals surface area contributed by atoms with Crippen LogP contribution in [0.5, 0.6) is 0 Å². The van der Waals surface area contributed by atoms with Gasteiger partial charge in [-0.3, -0.25) is 0 Å². The van der Waals surface area contributed by atoms with Crippen molar-refractivity contribution in [1.29, 1.82) is 0 Å². The van der Waals surface area contributed by atoms with Crippen LogP contribution in [-0.2, 0) is 12.8 Å². The molecule has 0 nitrogen and oxygen atoms in total. The Morgan fingerprint density at radius 1 is 0.684 bits per heavy atom. The Bertz CT molecular complexity index is 469. The van der Waals surface area contributed by atoms with E-state index in [1.807, 2.05) is 11.8 Å². The third kappa shape index (κ3) is 3.87. The summed E-state index contributed by atoms with van der Waals surface area (Å²) >= 11 is 1.92. The Hall–Kier alpha value is -1.21. The van der Waals surface area contributed by atoms with E-state index < -0.39 is 0 Å². The Balaban J connectivity index is 2.25. The molecule has 0 saturated heterocycles. The first-order chi connectivity index (χ1) is 9.35. The molecule has 2 aromatic rings. The molecule has 0 radical (unpaired) electrons. The van der Waals surface area contributed by atoms with Gasteiger partial charge in [-0.25, -0.2) is 0 Å². The molecule has 0 aliphatic rings. The molecule has 1 heteroatoms. The molecule has 0 N–H and O–H groups in total. The van der Waals surface area contributed by atoms with E-state index in [9.17, 15) is 0 Å². The number of aryl methyl sites for hydroxylation is 2. The first kappa shape index (κ1) is 14.2. The highest BCUT2D eigenvalue weighted by molar-refractivity contribution is 7.99. The molecule has 19 heavy (non-hydrogen) atoms. The quantitative estimate of drug-likeness (QED) is 0.644. The minimum absolute atomic E-state index is 1.17. The number of rotatable bonds is 6. The summed E-state index contributed by atoms with van der Waals surface area (Å²) in [6.45, 7) is 4.49. The van der Waals surface area contributed by atoms with Crippen molar-refractivity contribution >= 4 is 11.8 Å². The molecule has 0 aliphatic carbocycles. The summed E-state index contributed by atoms with van der Waals surface area (Å²) < 4.78 is 0. The molecule has 0 saturated carbocycles. The van der Waals surface area contributed by atoms with Crippen LogP contribution in [0.15, 0.2) is 58.3 Å². The number of benzene rings is 2. The van der Waals surface area contributed by atoms with Gasteiger partial charge in [0, 0.05) is 9.79 Å². The van der Waals surface area contributed by atoms with Crippen molar-refractivity contribution in [3.63, 3.8) is 0 Å². The fourth-order valence-electron chi connectivity index (χ4n) is 2.28. The Morgan fingerprint density at radius 3 is 1.53 bits per heavy atom. The summed E-state index contributed by atoms with van der Waals surface area (Å²) in [5, 5.41) is 0. The van der Waals surface area contributed by atoms with Crippen molar-refractivity contribution in [2.75, 3.05) is 0 Å². The predicted octanol–water partition coefficient (Wildman–Crippen LogP) is 5.74. The summed E-state index contributed by atoms with van der Waals surface area (Å²) in [6, 6.07) is 17.6. The summed E-state index contributed by atoms with van der Waals surface area (Å²) in [5.74, 6) is 0. The second-order valence-corrected chi connectivity index (χ2v) is 5.90. The normalized spacial score (nSPS) is 10.6. The Labute approximate surface area is 121 Å². The lowest BCUT2D eigenvalue weighted by atomic mass is 10.1. The van der Waals surface area contributed by atoms with E-state index in [1.165, 1.54) is 46.6 Å². The third-order valence-corrected chi connectivity index (χ3v) is 4.44. The Kier molecular flexibility index (Phi) is 5.53. The zero-order chi connectivity index (χ0) is 13.5. The summed E-state index contributed by atoms with van der Waals surface area (Å²) in [7, 11) is 0. The van der Waals surface area contributed by atoms with E-state index in [-0.39, 0.29) is 0 Å². The van der Waals surface area contributed by atoms with Crippen LogP contribution in [-0.4, -0.2) is 0 Å². The smallest absolute Gasteiger partial charge is 0.0154 e. The van der Waals surface area contributed by atoms with Crippen LogP contribution in [0, 0.1) is 0 Å². The van der Waals surface area contributed by atoms with E-state index in [0.29, 0.717) is 0 Å². The first-order valence-electron chi connectivity index (χ1n) is 7.18. The molecular formula is C18H22S. The maximum Gasteiger partial charge on any atom is 0.0154 e. The van der Waals surface area contributed by atoms with Crippen molar-refractivity contribution in [3.8, 4) is 0 Å². The average molecular weight is 270 g/mol. The van der Waals surface area contributed by atoms with E-state index in [1.54, 1.807) is 0 Å². The van der Waals surface area contributed by atoms with E-state index in [4.69, 9.17) is 0 Å². The molecule has 2 rings (SSSR count). The van der Waals surface area contributed by atoms with Crippen LogP contribution in [0.1, 0.15) is 37.8 Å². The fourth-order valence-corrected chi connectivity index (χ4v) is 3.41. The molecule has 0 aromatic heterocycles. The molecule has 2 aromatic carbocycles. The number of hydrogen-bond donors (Lipinski definition) is 0. The van der Waals surface area contributed by atoms with Crippen molar-refractivity contribution in [2.45, 2.75) is 49.3 Å². The lowest BCUT2D eigenvalue weighted by molar-refractivity contribution is 0.894. The molecule has 0 unspecified atom stereocenters.